The van der Waals surface area contributed by atoms with Crippen molar-refractivity contribution in [1.82, 2.24) is 0 Å². The lowest BCUT2D eigenvalue weighted by atomic mass is 10.1. The van der Waals surface area contributed by atoms with Crippen LogP contribution in [0.3, 0.4) is 0 Å². The number of nitrogens with zero attached hydrogens (tertiary/aromatic N) is 1. The van der Waals surface area contributed by atoms with Crippen LogP contribution < -0.4 is 10.2 Å². The number of para-hydroxylation sites is 1. The van der Waals surface area contributed by atoms with Gasteiger partial charge in [-0.05, 0) is 38.8 Å². The maximum atomic E-state index is 12.4. The number of fused-ring (bicyclic) bond motifs is 1. The Bertz CT molecular complexity index is 543. The predicted octanol–water partition coefficient (Wildman–Crippen LogP) is 3.00. The number of nitrogens with one attached hydrogen (secondary N) is 1. The highest BCUT2D eigenvalue weighted by Crippen LogP contribution is 2.36. The quantitative estimate of drug-likeness (QED) is 0.835. The normalized spacial score (nSPS) is 15.4. The lowest BCUT2D eigenvalue weighted by Crippen LogP contribution is -2.36. The summed E-state index contributed by atoms with van der Waals surface area (Å²) >= 11 is 5.61. The molecular formula is C16H23ClN2O3. The molecule has 0 aliphatic carbocycles. The maximum Gasteiger partial charge on any atom is 0.414 e. The fourth-order valence-electron chi connectivity index (χ4n) is 2.38. The number of carbonyl (C=O) groups excluding carboxylic acids is 1. The van der Waals surface area contributed by atoms with Gasteiger partial charge in [0.05, 0.1) is 23.4 Å². The van der Waals surface area contributed by atoms with Crippen LogP contribution in [-0.2, 0) is 11.2 Å². The zero-order valence-electron chi connectivity index (χ0n) is 13.2. The summed E-state index contributed by atoms with van der Waals surface area (Å²) in [5.41, 5.74) is 2.21. The minimum atomic E-state index is -0.631. The molecule has 1 atom stereocenters. The molecule has 0 radical (unpaired) electrons. The number of hydrogen-bond donors (Lipinski definition) is 2. The van der Waals surface area contributed by atoms with Crippen LogP contribution >= 0.6 is 11.6 Å². The van der Waals surface area contributed by atoms with Crippen molar-refractivity contribution in [3.63, 3.8) is 0 Å². The standard InChI is InChI=1S/C16H23ClN2O3/c1-16(2,3)22-15(21)19-8-7-11-5-4-6-13(14(11)19)18-10-12(20)9-17/h4-6,12,18,20H,7-10H2,1-3H3. The van der Waals surface area contributed by atoms with E-state index in [1.807, 2.05) is 39.0 Å². The number of rotatable bonds is 4. The SMILES string of the molecule is CC(C)(C)OC(=O)N1CCc2cccc(NCC(O)CCl)c21. The number of ether oxygens (including phenoxy) is 1. The third-order valence-electron chi connectivity index (χ3n) is 3.31. The summed E-state index contributed by atoms with van der Waals surface area (Å²) in [4.78, 5) is 14.0. The molecule has 0 bridgehead atoms. The molecule has 0 aromatic heterocycles. The topological polar surface area (TPSA) is 61.8 Å². The summed E-state index contributed by atoms with van der Waals surface area (Å²) in [6, 6.07) is 5.83. The molecule has 1 aliphatic rings. The highest BCUT2D eigenvalue weighted by atomic mass is 35.5. The van der Waals surface area contributed by atoms with Crippen molar-refractivity contribution in [1.29, 1.82) is 0 Å². The van der Waals surface area contributed by atoms with E-state index in [9.17, 15) is 9.90 Å². The molecule has 1 amide bonds. The first-order valence-electron chi connectivity index (χ1n) is 7.42. The van der Waals surface area contributed by atoms with Crippen molar-refractivity contribution < 1.29 is 14.6 Å². The van der Waals surface area contributed by atoms with E-state index in [1.54, 1.807) is 4.90 Å². The lowest BCUT2D eigenvalue weighted by molar-refractivity contribution is 0.0584. The molecule has 1 aliphatic heterocycles. The van der Waals surface area contributed by atoms with Crippen molar-refractivity contribution >= 4 is 29.1 Å². The van der Waals surface area contributed by atoms with Crippen LogP contribution in [-0.4, -0.2) is 41.9 Å². The van der Waals surface area contributed by atoms with Gasteiger partial charge in [0.15, 0.2) is 0 Å². The third kappa shape index (κ3) is 4.05. The fraction of sp³-hybridized carbons (Fsp3) is 0.562. The van der Waals surface area contributed by atoms with Crippen molar-refractivity contribution in [2.75, 3.05) is 29.2 Å². The summed E-state index contributed by atoms with van der Waals surface area (Å²) in [5, 5.41) is 12.8. The van der Waals surface area contributed by atoms with Crippen LogP contribution in [0.15, 0.2) is 18.2 Å². The molecule has 1 aromatic carbocycles. The first kappa shape index (κ1) is 16.9. The molecule has 2 N–H and O–H groups in total. The summed E-state index contributed by atoms with van der Waals surface area (Å²) in [6.45, 7) is 6.48. The highest BCUT2D eigenvalue weighted by molar-refractivity contribution is 6.18. The van der Waals surface area contributed by atoms with Crippen LogP contribution in [0.25, 0.3) is 0 Å². The molecule has 122 valence electrons. The number of alkyl halides is 1. The van der Waals surface area contributed by atoms with Gasteiger partial charge in [0.1, 0.15) is 5.60 Å². The first-order valence-corrected chi connectivity index (χ1v) is 7.95. The number of carbonyl (C=O) groups is 1. The molecule has 2 rings (SSSR count). The second-order valence-electron chi connectivity index (χ2n) is 6.38. The van der Waals surface area contributed by atoms with Crippen LogP contribution in [0, 0.1) is 0 Å². The Kier molecular flexibility index (Phi) is 5.19. The van der Waals surface area contributed by atoms with Gasteiger partial charge in [-0.1, -0.05) is 12.1 Å². The van der Waals surface area contributed by atoms with E-state index in [0.717, 1.165) is 23.4 Å². The zero-order valence-corrected chi connectivity index (χ0v) is 14.0. The van der Waals surface area contributed by atoms with Crippen LogP contribution in [0.5, 0.6) is 0 Å². The van der Waals surface area contributed by atoms with Crippen LogP contribution in [0.2, 0.25) is 0 Å². The molecule has 1 unspecified atom stereocenters. The van der Waals surface area contributed by atoms with E-state index in [4.69, 9.17) is 16.3 Å². The van der Waals surface area contributed by atoms with Gasteiger partial charge < -0.3 is 15.2 Å². The van der Waals surface area contributed by atoms with E-state index < -0.39 is 11.7 Å². The van der Waals surface area contributed by atoms with Crippen molar-refractivity contribution in [2.24, 2.45) is 0 Å². The zero-order chi connectivity index (χ0) is 16.3. The van der Waals surface area contributed by atoms with Crippen LogP contribution in [0.1, 0.15) is 26.3 Å². The molecule has 0 saturated heterocycles. The Morgan fingerprint density at radius 2 is 2.23 bits per heavy atom. The average Bonchev–Trinajstić information content (AvgIpc) is 2.87. The van der Waals surface area contributed by atoms with E-state index in [1.165, 1.54) is 0 Å². The third-order valence-corrected chi connectivity index (χ3v) is 3.67. The Balaban J connectivity index is 2.19. The van der Waals surface area contributed by atoms with Crippen LogP contribution in [0.4, 0.5) is 16.2 Å². The van der Waals surface area contributed by atoms with Crippen molar-refractivity contribution in [3.8, 4) is 0 Å². The Hall–Kier alpha value is -1.46. The van der Waals surface area contributed by atoms with Gasteiger partial charge in [-0.2, -0.15) is 0 Å². The number of aliphatic hydroxyl groups excluding tert-OH is 1. The smallest absolute Gasteiger partial charge is 0.414 e. The lowest BCUT2D eigenvalue weighted by Gasteiger charge is -2.26. The van der Waals surface area contributed by atoms with E-state index >= 15 is 0 Å². The van der Waals surface area contributed by atoms with E-state index in [2.05, 4.69) is 5.32 Å². The second-order valence-corrected chi connectivity index (χ2v) is 6.69. The monoisotopic (exact) mass is 326 g/mol. The van der Waals surface area contributed by atoms with Gasteiger partial charge in [0.25, 0.3) is 0 Å². The number of amides is 1. The highest BCUT2D eigenvalue weighted by Gasteiger charge is 2.30. The molecule has 5 nitrogen and oxygen atoms in total. The van der Waals surface area contributed by atoms with Gasteiger partial charge in [0.2, 0.25) is 0 Å². The van der Waals surface area contributed by atoms with Crippen molar-refractivity contribution in [2.45, 2.75) is 38.9 Å². The minimum Gasteiger partial charge on any atom is -0.443 e. The molecule has 1 aromatic rings. The summed E-state index contributed by atoms with van der Waals surface area (Å²) in [7, 11) is 0. The van der Waals surface area contributed by atoms with Gasteiger partial charge in [-0.25, -0.2) is 4.79 Å². The molecule has 0 saturated carbocycles. The summed E-state index contributed by atoms with van der Waals surface area (Å²) in [6.07, 6.45) is -0.186. The number of halogens is 1. The molecule has 0 spiro atoms. The molecule has 22 heavy (non-hydrogen) atoms. The average molecular weight is 327 g/mol. The summed E-state index contributed by atoms with van der Waals surface area (Å²) < 4.78 is 5.47. The largest absolute Gasteiger partial charge is 0.443 e. The number of anilines is 2. The molecule has 6 heteroatoms. The molecule has 0 fully saturated rings. The molecular weight excluding hydrogens is 304 g/mol. The second kappa shape index (κ2) is 6.75. The summed E-state index contributed by atoms with van der Waals surface area (Å²) in [5.74, 6) is 0.164. The fourth-order valence-corrected chi connectivity index (χ4v) is 2.49. The molecule has 1 heterocycles. The van der Waals surface area contributed by atoms with Gasteiger partial charge >= 0.3 is 6.09 Å². The van der Waals surface area contributed by atoms with E-state index in [0.29, 0.717) is 13.1 Å². The Labute approximate surface area is 136 Å². The Morgan fingerprint density at radius 1 is 1.50 bits per heavy atom. The van der Waals surface area contributed by atoms with Gasteiger partial charge in [-0.3, -0.25) is 4.90 Å². The maximum absolute atomic E-state index is 12.4. The van der Waals surface area contributed by atoms with Crippen molar-refractivity contribution in [3.05, 3.63) is 23.8 Å². The minimum absolute atomic E-state index is 0.164. The number of hydrogen-bond acceptors (Lipinski definition) is 4. The predicted molar refractivity (Wildman–Crippen MR) is 88.9 cm³/mol. The van der Waals surface area contributed by atoms with E-state index in [-0.39, 0.29) is 12.0 Å². The number of aliphatic hydroxyl groups is 1. The van der Waals surface area contributed by atoms with Gasteiger partial charge in [0, 0.05) is 13.1 Å². The Morgan fingerprint density at radius 3 is 2.86 bits per heavy atom. The first-order chi connectivity index (χ1) is 10.3. The number of benzene rings is 1. The van der Waals surface area contributed by atoms with Gasteiger partial charge in [-0.15, -0.1) is 11.6 Å².